The number of ether oxygens (including phenoxy) is 2. The Hall–Kier alpha value is -1.48. The van der Waals surface area contributed by atoms with E-state index in [1.807, 2.05) is 13.0 Å². The lowest BCUT2D eigenvalue weighted by Gasteiger charge is -2.28. The summed E-state index contributed by atoms with van der Waals surface area (Å²) in [4.78, 5) is 0. The van der Waals surface area contributed by atoms with Crippen molar-refractivity contribution >= 4 is 0 Å². The van der Waals surface area contributed by atoms with Crippen LogP contribution in [0.1, 0.15) is 18.1 Å². The van der Waals surface area contributed by atoms with E-state index in [1.165, 1.54) is 12.1 Å². The van der Waals surface area contributed by atoms with Crippen LogP contribution in [0, 0.1) is 17.1 Å². The van der Waals surface area contributed by atoms with Gasteiger partial charge in [-0.15, -0.1) is 0 Å². The average molecular weight is 264 g/mol. The maximum Gasteiger partial charge on any atom is 0.124 e. The Labute approximate surface area is 112 Å². The largest absolute Gasteiger partial charge is 0.374 e. The minimum Gasteiger partial charge on any atom is -0.374 e. The number of nitriles is 1. The Morgan fingerprint density at radius 1 is 1.47 bits per heavy atom. The molecule has 0 radical (unpaired) electrons. The Morgan fingerprint density at radius 2 is 2.32 bits per heavy atom. The molecule has 1 aliphatic rings. The highest BCUT2D eigenvalue weighted by Crippen LogP contribution is 2.11. The molecule has 0 aliphatic carbocycles. The minimum atomic E-state index is -0.415. The van der Waals surface area contributed by atoms with Gasteiger partial charge in [0.2, 0.25) is 0 Å². The quantitative estimate of drug-likeness (QED) is 0.897. The van der Waals surface area contributed by atoms with Gasteiger partial charge in [0.05, 0.1) is 37.1 Å². The van der Waals surface area contributed by atoms with Crippen molar-refractivity contribution in [3.63, 3.8) is 0 Å². The fourth-order valence-electron chi connectivity index (χ4n) is 2.08. The van der Waals surface area contributed by atoms with Crippen molar-refractivity contribution in [2.24, 2.45) is 0 Å². The zero-order valence-electron chi connectivity index (χ0n) is 10.9. The number of nitrogens with one attached hydrogen (secondary N) is 1. The van der Waals surface area contributed by atoms with E-state index in [-0.39, 0.29) is 18.8 Å². The molecule has 5 heteroatoms. The van der Waals surface area contributed by atoms with Gasteiger partial charge in [0.15, 0.2) is 0 Å². The average Bonchev–Trinajstić information content (AvgIpc) is 2.38. The summed E-state index contributed by atoms with van der Waals surface area (Å²) in [5.74, 6) is -0.415. The summed E-state index contributed by atoms with van der Waals surface area (Å²) in [5, 5.41) is 12.0. The highest BCUT2D eigenvalue weighted by atomic mass is 19.1. The summed E-state index contributed by atoms with van der Waals surface area (Å²) >= 11 is 0. The molecule has 19 heavy (non-hydrogen) atoms. The van der Waals surface area contributed by atoms with Gasteiger partial charge in [0.1, 0.15) is 5.82 Å². The van der Waals surface area contributed by atoms with Gasteiger partial charge in [0, 0.05) is 13.1 Å². The van der Waals surface area contributed by atoms with E-state index in [0.717, 1.165) is 13.1 Å². The number of rotatable bonds is 4. The molecule has 0 aromatic heterocycles. The molecule has 1 fully saturated rings. The SMILES string of the molecule is CC1CNCC(COCc2cc(F)cc(C#N)c2)O1. The lowest BCUT2D eigenvalue weighted by Crippen LogP contribution is -2.45. The number of hydrogen-bond acceptors (Lipinski definition) is 4. The van der Waals surface area contributed by atoms with Gasteiger partial charge in [-0.05, 0) is 30.7 Å². The summed E-state index contributed by atoms with van der Waals surface area (Å²) < 4.78 is 24.4. The first-order valence-corrected chi connectivity index (χ1v) is 6.31. The fraction of sp³-hybridized carbons (Fsp3) is 0.500. The second-order valence-electron chi connectivity index (χ2n) is 4.70. The molecule has 0 amide bonds. The molecule has 0 spiro atoms. The van der Waals surface area contributed by atoms with Gasteiger partial charge in [-0.1, -0.05) is 0 Å². The van der Waals surface area contributed by atoms with Crippen LogP contribution >= 0.6 is 0 Å². The smallest absolute Gasteiger partial charge is 0.124 e. The molecule has 1 N–H and O–H groups in total. The van der Waals surface area contributed by atoms with Gasteiger partial charge >= 0.3 is 0 Å². The number of benzene rings is 1. The third-order valence-corrected chi connectivity index (χ3v) is 2.89. The predicted molar refractivity (Wildman–Crippen MR) is 68.0 cm³/mol. The number of morpholine rings is 1. The van der Waals surface area contributed by atoms with Crippen LogP contribution in [-0.2, 0) is 16.1 Å². The minimum absolute atomic E-state index is 0.0211. The van der Waals surface area contributed by atoms with E-state index in [9.17, 15) is 4.39 Å². The summed E-state index contributed by atoms with van der Waals surface area (Å²) in [5.41, 5.74) is 0.969. The maximum atomic E-state index is 13.2. The standard InChI is InChI=1S/C14H17FN2O2/c1-10-6-17-7-14(19-10)9-18-8-12-2-11(5-16)3-13(15)4-12/h2-4,10,14,17H,6-9H2,1H3. The van der Waals surface area contributed by atoms with E-state index in [4.69, 9.17) is 14.7 Å². The molecule has 1 saturated heterocycles. The van der Waals surface area contributed by atoms with Gasteiger partial charge in [0.25, 0.3) is 0 Å². The van der Waals surface area contributed by atoms with E-state index in [1.54, 1.807) is 6.07 Å². The van der Waals surface area contributed by atoms with Crippen LogP contribution in [0.5, 0.6) is 0 Å². The topological polar surface area (TPSA) is 54.3 Å². The van der Waals surface area contributed by atoms with E-state index in [2.05, 4.69) is 5.32 Å². The van der Waals surface area contributed by atoms with Gasteiger partial charge in [-0.25, -0.2) is 4.39 Å². The number of halogens is 1. The van der Waals surface area contributed by atoms with Crippen LogP contribution < -0.4 is 5.32 Å². The molecule has 1 aliphatic heterocycles. The molecule has 0 bridgehead atoms. The first-order chi connectivity index (χ1) is 9.17. The van der Waals surface area contributed by atoms with Crippen molar-refractivity contribution in [3.8, 4) is 6.07 Å². The molecule has 1 heterocycles. The summed E-state index contributed by atoms with van der Waals surface area (Å²) in [6, 6.07) is 6.14. The second-order valence-corrected chi connectivity index (χ2v) is 4.70. The van der Waals surface area contributed by atoms with Gasteiger partial charge < -0.3 is 14.8 Å². The van der Waals surface area contributed by atoms with Crippen molar-refractivity contribution in [1.29, 1.82) is 5.26 Å². The lowest BCUT2D eigenvalue weighted by atomic mass is 10.1. The first kappa shape index (κ1) is 13.9. The molecule has 2 unspecified atom stereocenters. The van der Waals surface area contributed by atoms with Crippen molar-refractivity contribution in [2.45, 2.75) is 25.7 Å². The maximum absolute atomic E-state index is 13.2. The molecule has 4 nitrogen and oxygen atoms in total. The highest BCUT2D eigenvalue weighted by Gasteiger charge is 2.18. The predicted octanol–water partition coefficient (Wildman–Crippen LogP) is 1.59. The van der Waals surface area contributed by atoms with E-state index >= 15 is 0 Å². The van der Waals surface area contributed by atoms with Crippen molar-refractivity contribution in [3.05, 3.63) is 35.1 Å². The molecular weight excluding hydrogens is 247 g/mol. The van der Waals surface area contributed by atoms with Gasteiger partial charge in [-0.2, -0.15) is 5.26 Å². The molecule has 102 valence electrons. The van der Waals surface area contributed by atoms with Crippen LogP contribution in [0.3, 0.4) is 0 Å². The second kappa shape index (κ2) is 6.62. The monoisotopic (exact) mass is 264 g/mol. The van der Waals surface area contributed by atoms with Crippen LogP contribution in [-0.4, -0.2) is 31.9 Å². The molecule has 1 aromatic rings. The Balaban J connectivity index is 1.82. The van der Waals surface area contributed by atoms with Crippen LogP contribution in [0.15, 0.2) is 18.2 Å². The van der Waals surface area contributed by atoms with Crippen molar-refractivity contribution in [2.75, 3.05) is 19.7 Å². The number of nitrogens with zero attached hydrogens (tertiary/aromatic N) is 1. The van der Waals surface area contributed by atoms with Crippen molar-refractivity contribution < 1.29 is 13.9 Å². The fourth-order valence-corrected chi connectivity index (χ4v) is 2.08. The zero-order valence-corrected chi connectivity index (χ0v) is 10.9. The lowest BCUT2D eigenvalue weighted by molar-refractivity contribution is -0.0716. The van der Waals surface area contributed by atoms with Crippen LogP contribution in [0.2, 0.25) is 0 Å². The van der Waals surface area contributed by atoms with E-state index < -0.39 is 5.82 Å². The Kier molecular flexibility index (Phi) is 4.86. The summed E-state index contributed by atoms with van der Waals surface area (Å²) in [6.07, 6.45) is 0.203. The summed E-state index contributed by atoms with van der Waals surface area (Å²) in [7, 11) is 0. The van der Waals surface area contributed by atoms with Gasteiger partial charge in [-0.3, -0.25) is 0 Å². The third-order valence-electron chi connectivity index (χ3n) is 2.89. The zero-order chi connectivity index (χ0) is 13.7. The van der Waals surface area contributed by atoms with Crippen LogP contribution in [0.4, 0.5) is 4.39 Å². The molecular formula is C14H17FN2O2. The molecule has 2 rings (SSSR count). The van der Waals surface area contributed by atoms with Crippen molar-refractivity contribution in [1.82, 2.24) is 5.32 Å². The normalized spacial score (nSPS) is 23.0. The number of hydrogen-bond donors (Lipinski definition) is 1. The molecule has 1 aromatic carbocycles. The van der Waals surface area contributed by atoms with Crippen LogP contribution in [0.25, 0.3) is 0 Å². The Morgan fingerprint density at radius 3 is 3.05 bits per heavy atom. The third kappa shape index (κ3) is 4.28. The highest BCUT2D eigenvalue weighted by molar-refractivity contribution is 5.33. The van der Waals surface area contributed by atoms with E-state index in [0.29, 0.717) is 17.7 Å². The first-order valence-electron chi connectivity index (χ1n) is 6.31. The Bertz CT molecular complexity index is 473. The molecule has 2 atom stereocenters. The molecule has 0 saturated carbocycles. The summed E-state index contributed by atoms with van der Waals surface area (Å²) in [6.45, 7) is 4.35.